The number of rotatable bonds is 4. The first-order valence-corrected chi connectivity index (χ1v) is 7.91. The Bertz CT molecular complexity index is 1010. The summed E-state index contributed by atoms with van der Waals surface area (Å²) >= 11 is 0. The molecule has 0 atom stereocenters. The number of nitrogen functional groups attached to an aromatic ring is 1. The standard InChI is InChI=1S/C19H19N3O4/c1-11-17(18(23)21-20)13-6-4-5-7-14(13)22(11)19(24)12-8-9-15(25-2)16(10-12)26-3/h4-10H,20H2,1-3H3,(H,21,23). The van der Waals surface area contributed by atoms with Crippen molar-refractivity contribution in [2.75, 3.05) is 14.2 Å². The molecule has 1 heterocycles. The van der Waals surface area contributed by atoms with E-state index in [9.17, 15) is 9.59 Å². The Hall–Kier alpha value is -3.32. The van der Waals surface area contributed by atoms with Gasteiger partial charge in [0.05, 0.1) is 25.3 Å². The molecule has 0 aliphatic heterocycles. The van der Waals surface area contributed by atoms with Crippen LogP contribution in [-0.4, -0.2) is 30.6 Å². The third-order valence-electron chi connectivity index (χ3n) is 4.30. The van der Waals surface area contributed by atoms with Gasteiger partial charge < -0.3 is 9.47 Å². The average Bonchev–Trinajstić information content (AvgIpc) is 2.98. The van der Waals surface area contributed by atoms with E-state index in [1.54, 1.807) is 43.3 Å². The lowest BCUT2D eigenvalue weighted by Gasteiger charge is -2.11. The molecule has 0 spiro atoms. The highest BCUT2D eigenvalue weighted by Crippen LogP contribution is 2.30. The fraction of sp³-hybridized carbons (Fsp3) is 0.158. The van der Waals surface area contributed by atoms with Crippen LogP contribution in [0.25, 0.3) is 10.9 Å². The van der Waals surface area contributed by atoms with Gasteiger partial charge in [0.1, 0.15) is 0 Å². The van der Waals surface area contributed by atoms with E-state index in [1.165, 1.54) is 18.8 Å². The number of amides is 1. The first kappa shape index (κ1) is 17.5. The number of hydrogen-bond acceptors (Lipinski definition) is 5. The van der Waals surface area contributed by atoms with Crippen LogP contribution >= 0.6 is 0 Å². The Morgan fingerprint density at radius 2 is 1.73 bits per heavy atom. The maximum atomic E-state index is 13.2. The second-order valence-electron chi connectivity index (χ2n) is 5.66. The van der Waals surface area contributed by atoms with Gasteiger partial charge in [-0.1, -0.05) is 18.2 Å². The number of hydrogen-bond donors (Lipinski definition) is 2. The number of ether oxygens (including phenoxy) is 2. The molecule has 7 nitrogen and oxygen atoms in total. The van der Waals surface area contributed by atoms with E-state index in [-0.39, 0.29) is 5.91 Å². The van der Waals surface area contributed by atoms with Crippen molar-refractivity contribution in [3.8, 4) is 11.5 Å². The maximum Gasteiger partial charge on any atom is 0.267 e. The number of nitrogens with two attached hydrogens (primary N) is 1. The Labute approximate surface area is 150 Å². The molecule has 0 radical (unpaired) electrons. The van der Waals surface area contributed by atoms with Crippen LogP contribution in [0, 0.1) is 6.92 Å². The number of nitrogens with zero attached hydrogens (tertiary/aromatic N) is 1. The highest BCUT2D eigenvalue weighted by Gasteiger charge is 2.23. The molecule has 0 saturated heterocycles. The SMILES string of the molecule is COc1ccc(C(=O)n2c(C)c(C(=O)NN)c3ccccc32)cc1OC. The molecular weight excluding hydrogens is 334 g/mol. The summed E-state index contributed by atoms with van der Waals surface area (Å²) in [6.07, 6.45) is 0. The largest absolute Gasteiger partial charge is 0.493 e. The van der Waals surface area contributed by atoms with Crippen molar-refractivity contribution in [3.63, 3.8) is 0 Å². The van der Waals surface area contributed by atoms with E-state index in [0.717, 1.165) is 0 Å². The van der Waals surface area contributed by atoms with Crippen LogP contribution in [0.1, 0.15) is 26.4 Å². The Morgan fingerprint density at radius 1 is 1.04 bits per heavy atom. The summed E-state index contributed by atoms with van der Waals surface area (Å²) in [5.74, 6) is 5.56. The highest BCUT2D eigenvalue weighted by atomic mass is 16.5. The molecular formula is C19H19N3O4. The summed E-state index contributed by atoms with van der Waals surface area (Å²) in [5.41, 5.74) is 4.06. The van der Waals surface area contributed by atoms with E-state index in [2.05, 4.69) is 5.43 Å². The van der Waals surface area contributed by atoms with Gasteiger partial charge in [-0.3, -0.25) is 19.6 Å². The number of carbonyl (C=O) groups is 2. The smallest absolute Gasteiger partial charge is 0.267 e. The predicted molar refractivity (Wildman–Crippen MR) is 97.6 cm³/mol. The normalized spacial score (nSPS) is 10.6. The van der Waals surface area contributed by atoms with Crippen LogP contribution in [0.2, 0.25) is 0 Å². The predicted octanol–water partition coefficient (Wildman–Crippen LogP) is 2.26. The molecule has 26 heavy (non-hydrogen) atoms. The molecule has 3 aromatic rings. The molecule has 2 aromatic carbocycles. The van der Waals surface area contributed by atoms with E-state index in [1.807, 2.05) is 6.07 Å². The van der Waals surface area contributed by atoms with Crippen LogP contribution in [-0.2, 0) is 0 Å². The summed E-state index contributed by atoms with van der Waals surface area (Å²) in [6, 6.07) is 12.1. The summed E-state index contributed by atoms with van der Waals surface area (Å²) in [4.78, 5) is 25.4. The summed E-state index contributed by atoms with van der Waals surface area (Å²) < 4.78 is 12.0. The molecule has 1 aromatic heterocycles. The zero-order valence-electron chi connectivity index (χ0n) is 14.7. The van der Waals surface area contributed by atoms with Gasteiger partial charge in [-0.05, 0) is 31.2 Å². The zero-order chi connectivity index (χ0) is 18.8. The number of aromatic nitrogens is 1. The molecule has 0 aliphatic carbocycles. The Balaban J connectivity index is 2.21. The molecule has 0 aliphatic rings. The number of carbonyl (C=O) groups excluding carboxylic acids is 2. The minimum atomic E-state index is -0.447. The summed E-state index contributed by atoms with van der Waals surface area (Å²) in [7, 11) is 3.03. The Kier molecular flexibility index (Phi) is 4.64. The van der Waals surface area contributed by atoms with Crippen molar-refractivity contribution in [1.82, 2.24) is 9.99 Å². The summed E-state index contributed by atoms with van der Waals surface area (Å²) in [6.45, 7) is 1.71. The first-order valence-electron chi connectivity index (χ1n) is 7.91. The van der Waals surface area contributed by atoms with Crippen molar-refractivity contribution >= 4 is 22.7 Å². The van der Waals surface area contributed by atoms with Crippen LogP contribution in [0.5, 0.6) is 11.5 Å². The van der Waals surface area contributed by atoms with E-state index in [0.29, 0.717) is 39.2 Å². The van der Waals surface area contributed by atoms with Gasteiger partial charge >= 0.3 is 0 Å². The molecule has 7 heteroatoms. The lowest BCUT2D eigenvalue weighted by Crippen LogP contribution is -2.30. The molecule has 1 amide bonds. The van der Waals surface area contributed by atoms with Crippen molar-refractivity contribution in [2.24, 2.45) is 5.84 Å². The third-order valence-corrected chi connectivity index (χ3v) is 4.30. The van der Waals surface area contributed by atoms with Gasteiger partial charge in [-0.25, -0.2) is 5.84 Å². The summed E-state index contributed by atoms with van der Waals surface area (Å²) in [5, 5.41) is 0.654. The lowest BCUT2D eigenvalue weighted by atomic mass is 10.1. The fourth-order valence-corrected chi connectivity index (χ4v) is 3.09. The van der Waals surface area contributed by atoms with Gasteiger partial charge in [-0.15, -0.1) is 0 Å². The van der Waals surface area contributed by atoms with E-state index >= 15 is 0 Å². The number of hydrazine groups is 1. The minimum absolute atomic E-state index is 0.282. The lowest BCUT2D eigenvalue weighted by molar-refractivity contribution is 0.0954. The monoisotopic (exact) mass is 353 g/mol. The fourth-order valence-electron chi connectivity index (χ4n) is 3.09. The second-order valence-corrected chi connectivity index (χ2v) is 5.66. The molecule has 3 N–H and O–H groups in total. The number of methoxy groups -OCH3 is 2. The van der Waals surface area contributed by atoms with Gasteiger partial charge in [0, 0.05) is 16.6 Å². The van der Waals surface area contributed by atoms with Crippen LogP contribution in [0.15, 0.2) is 42.5 Å². The van der Waals surface area contributed by atoms with Crippen molar-refractivity contribution in [3.05, 3.63) is 59.3 Å². The van der Waals surface area contributed by atoms with Gasteiger partial charge in [0.15, 0.2) is 11.5 Å². The van der Waals surface area contributed by atoms with Gasteiger partial charge in [0.25, 0.3) is 11.8 Å². The van der Waals surface area contributed by atoms with E-state index in [4.69, 9.17) is 15.3 Å². The van der Waals surface area contributed by atoms with Crippen LogP contribution in [0.4, 0.5) is 0 Å². The zero-order valence-corrected chi connectivity index (χ0v) is 14.7. The number of para-hydroxylation sites is 1. The number of nitrogens with one attached hydrogen (secondary N) is 1. The molecule has 0 saturated carbocycles. The second kappa shape index (κ2) is 6.89. The topological polar surface area (TPSA) is 95.6 Å². The molecule has 0 bridgehead atoms. The van der Waals surface area contributed by atoms with Crippen molar-refractivity contribution < 1.29 is 19.1 Å². The third kappa shape index (κ3) is 2.68. The molecule has 0 fully saturated rings. The van der Waals surface area contributed by atoms with Gasteiger partial charge in [0.2, 0.25) is 0 Å². The number of benzene rings is 2. The maximum absolute atomic E-state index is 13.2. The van der Waals surface area contributed by atoms with E-state index < -0.39 is 5.91 Å². The van der Waals surface area contributed by atoms with Crippen LogP contribution < -0.4 is 20.7 Å². The van der Waals surface area contributed by atoms with Crippen molar-refractivity contribution in [1.29, 1.82) is 0 Å². The minimum Gasteiger partial charge on any atom is -0.493 e. The Morgan fingerprint density at radius 3 is 2.38 bits per heavy atom. The van der Waals surface area contributed by atoms with Gasteiger partial charge in [-0.2, -0.15) is 0 Å². The van der Waals surface area contributed by atoms with Crippen LogP contribution in [0.3, 0.4) is 0 Å². The molecule has 134 valence electrons. The average molecular weight is 353 g/mol. The number of fused-ring (bicyclic) bond motifs is 1. The molecule has 0 unspecified atom stereocenters. The molecule has 3 rings (SSSR count). The highest BCUT2D eigenvalue weighted by molar-refractivity contribution is 6.13. The van der Waals surface area contributed by atoms with Crippen molar-refractivity contribution in [2.45, 2.75) is 6.92 Å². The quantitative estimate of drug-likeness (QED) is 0.426. The first-order chi connectivity index (χ1) is 12.5.